The van der Waals surface area contributed by atoms with Crippen molar-refractivity contribution >= 4 is 21.8 Å². The number of hydrogen-bond acceptors (Lipinski definition) is 0. The van der Waals surface area contributed by atoms with Gasteiger partial charge in [-0.3, -0.25) is 0 Å². The van der Waals surface area contributed by atoms with Gasteiger partial charge in [-0.05, 0) is 18.1 Å². The van der Waals surface area contributed by atoms with Crippen LogP contribution in [0.25, 0.3) is 21.8 Å². The Hall–Kier alpha value is -2.28. The van der Waals surface area contributed by atoms with Crippen LogP contribution in [0.15, 0.2) is 48.5 Å². The number of rotatable bonds is 2. The number of fused-ring (bicyclic) bond motifs is 3. The topological polar surface area (TPSA) is 13.8 Å². The quantitative estimate of drug-likeness (QED) is 0.628. The number of para-hydroxylation sites is 2. The molecule has 1 fully saturated rings. The van der Waals surface area contributed by atoms with Crippen molar-refractivity contribution in [1.82, 2.24) is 4.57 Å². The molecule has 3 heteroatoms. The summed E-state index contributed by atoms with van der Waals surface area (Å²) < 4.78 is 2.35. The number of likely N-dealkylation sites (N-methyl/N-ethyl adjacent to an activating group) is 1. The highest BCUT2D eigenvalue weighted by molar-refractivity contribution is 6.07. The van der Waals surface area contributed by atoms with E-state index in [1.165, 1.54) is 48.0 Å². The van der Waals surface area contributed by atoms with Gasteiger partial charge in [0, 0.05) is 21.8 Å². The molecule has 1 aliphatic rings. The van der Waals surface area contributed by atoms with Crippen molar-refractivity contribution in [3.05, 3.63) is 48.5 Å². The number of nitrogens with zero attached hydrogens (tertiary/aromatic N) is 1. The van der Waals surface area contributed by atoms with Crippen molar-refractivity contribution in [2.75, 3.05) is 39.8 Å². The normalized spacial score (nSPS) is 20.9. The summed E-state index contributed by atoms with van der Waals surface area (Å²) in [6, 6.07) is 17.3. The zero-order chi connectivity index (χ0) is 16.4. The van der Waals surface area contributed by atoms with E-state index in [4.69, 9.17) is 0 Å². The third-order valence-electron chi connectivity index (χ3n) is 5.19. The van der Waals surface area contributed by atoms with Crippen LogP contribution in [-0.2, 0) is 6.54 Å². The first-order valence-electron chi connectivity index (χ1n) is 8.89. The van der Waals surface area contributed by atoms with Gasteiger partial charge >= 0.3 is 0 Å². The van der Waals surface area contributed by atoms with Gasteiger partial charge in [0.1, 0.15) is 32.7 Å². The Labute approximate surface area is 143 Å². The molecule has 0 atom stereocenters. The molecule has 2 heterocycles. The van der Waals surface area contributed by atoms with Crippen molar-refractivity contribution < 1.29 is 9.80 Å². The van der Waals surface area contributed by atoms with Gasteiger partial charge in [-0.15, -0.1) is 0 Å². The monoisotopic (exact) mass is 319 g/mol. The van der Waals surface area contributed by atoms with Crippen LogP contribution in [0.2, 0.25) is 0 Å². The summed E-state index contributed by atoms with van der Waals surface area (Å²) in [5.74, 6) is 6.84. The zero-order valence-electron chi connectivity index (χ0n) is 14.3. The third kappa shape index (κ3) is 2.91. The molecule has 0 bridgehead atoms. The van der Waals surface area contributed by atoms with Gasteiger partial charge in [-0.1, -0.05) is 42.3 Å². The minimum Gasteiger partial charge on any atom is -0.329 e. The second kappa shape index (κ2) is 6.68. The number of hydrogen-bond donors (Lipinski definition) is 2. The van der Waals surface area contributed by atoms with Gasteiger partial charge in [0.05, 0.1) is 13.6 Å². The van der Waals surface area contributed by atoms with Gasteiger partial charge < -0.3 is 14.4 Å². The van der Waals surface area contributed by atoms with Crippen molar-refractivity contribution in [2.24, 2.45) is 0 Å². The van der Waals surface area contributed by atoms with E-state index >= 15 is 0 Å². The third-order valence-corrected chi connectivity index (χ3v) is 5.19. The molecule has 0 radical (unpaired) electrons. The fraction of sp³-hybridized carbons (Fsp3) is 0.333. The minimum absolute atomic E-state index is 0.770. The maximum absolute atomic E-state index is 3.42. The van der Waals surface area contributed by atoms with E-state index in [0.717, 1.165) is 13.1 Å². The average Bonchev–Trinajstić information content (AvgIpc) is 2.95. The molecular formula is C21H25N3+2. The highest BCUT2D eigenvalue weighted by Crippen LogP contribution is 2.28. The Morgan fingerprint density at radius 1 is 0.833 bits per heavy atom. The lowest BCUT2D eigenvalue weighted by atomic mass is 10.2. The Balaban J connectivity index is 1.55. The number of piperazine rings is 1. The molecular weight excluding hydrogens is 294 g/mol. The van der Waals surface area contributed by atoms with E-state index in [1.54, 1.807) is 9.80 Å². The maximum atomic E-state index is 3.42. The Morgan fingerprint density at radius 3 is 2.04 bits per heavy atom. The van der Waals surface area contributed by atoms with E-state index in [2.05, 4.69) is 72.0 Å². The molecule has 3 nitrogen and oxygen atoms in total. The Kier molecular flexibility index (Phi) is 4.25. The molecule has 0 unspecified atom stereocenters. The Bertz CT molecular complexity index is 852. The molecule has 1 aliphatic heterocycles. The summed E-state index contributed by atoms with van der Waals surface area (Å²) in [6.45, 7) is 6.77. The van der Waals surface area contributed by atoms with Crippen molar-refractivity contribution in [1.29, 1.82) is 0 Å². The summed E-state index contributed by atoms with van der Waals surface area (Å²) in [5.41, 5.74) is 2.56. The van der Waals surface area contributed by atoms with Gasteiger partial charge in [0.2, 0.25) is 0 Å². The minimum atomic E-state index is 0.770. The second-order valence-electron chi connectivity index (χ2n) is 6.86. The van der Waals surface area contributed by atoms with E-state index in [1.807, 2.05) is 0 Å². The highest BCUT2D eigenvalue weighted by atomic mass is 15.2. The lowest BCUT2D eigenvalue weighted by Crippen LogP contribution is -3.26. The predicted octanol–water partition coefficient (Wildman–Crippen LogP) is 0.211. The molecule has 24 heavy (non-hydrogen) atoms. The Morgan fingerprint density at radius 2 is 1.42 bits per heavy atom. The zero-order valence-corrected chi connectivity index (χ0v) is 14.3. The van der Waals surface area contributed by atoms with Crippen LogP contribution in [0.4, 0.5) is 0 Å². The van der Waals surface area contributed by atoms with Gasteiger partial charge in [-0.25, -0.2) is 0 Å². The first kappa shape index (κ1) is 15.3. The number of nitrogens with one attached hydrogen (secondary N) is 2. The van der Waals surface area contributed by atoms with Crippen LogP contribution in [0.1, 0.15) is 0 Å². The molecule has 122 valence electrons. The van der Waals surface area contributed by atoms with Gasteiger partial charge in [-0.2, -0.15) is 0 Å². The van der Waals surface area contributed by atoms with Crippen LogP contribution >= 0.6 is 0 Å². The number of benzene rings is 2. The van der Waals surface area contributed by atoms with Crippen LogP contribution in [0, 0.1) is 11.8 Å². The molecule has 0 amide bonds. The van der Waals surface area contributed by atoms with E-state index in [0.29, 0.717) is 0 Å². The molecule has 2 aromatic carbocycles. The summed E-state index contributed by atoms with van der Waals surface area (Å²) >= 11 is 0. The molecule has 0 aliphatic carbocycles. The molecule has 1 saturated heterocycles. The van der Waals surface area contributed by atoms with Crippen LogP contribution in [0.5, 0.6) is 0 Å². The molecule has 2 N–H and O–H groups in total. The van der Waals surface area contributed by atoms with Crippen molar-refractivity contribution in [2.45, 2.75) is 6.54 Å². The summed E-state index contributed by atoms with van der Waals surface area (Å²) in [6.07, 6.45) is 0. The van der Waals surface area contributed by atoms with Crippen LogP contribution in [0.3, 0.4) is 0 Å². The van der Waals surface area contributed by atoms with Gasteiger partial charge in [0.25, 0.3) is 0 Å². The fourth-order valence-corrected chi connectivity index (χ4v) is 3.70. The lowest BCUT2D eigenvalue weighted by molar-refractivity contribution is -1.000. The van der Waals surface area contributed by atoms with Crippen molar-refractivity contribution in [3.8, 4) is 11.8 Å². The maximum Gasteiger partial charge on any atom is 0.139 e. The number of quaternary nitrogens is 2. The van der Waals surface area contributed by atoms with Gasteiger partial charge in [0.15, 0.2) is 0 Å². The largest absolute Gasteiger partial charge is 0.329 e. The summed E-state index contributed by atoms with van der Waals surface area (Å²) in [5, 5.41) is 2.64. The van der Waals surface area contributed by atoms with Crippen LogP contribution in [-0.4, -0.2) is 44.3 Å². The predicted molar refractivity (Wildman–Crippen MR) is 99.4 cm³/mol. The van der Waals surface area contributed by atoms with Crippen LogP contribution < -0.4 is 9.80 Å². The average molecular weight is 319 g/mol. The summed E-state index contributed by atoms with van der Waals surface area (Å²) in [7, 11) is 2.28. The smallest absolute Gasteiger partial charge is 0.139 e. The van der Waals surface area contributed by atoms with E-state index in [-0.39, 0.29) is 0 Å². The molecule has 0 spiro atoms. The lowest BCUT2D eigenvalue weighted by Gasteiger charge is -2.25. The van der Waals surface area contributed by atoms with E-state index < -0.39 is 0 Å². The molecule has 0 saturated carbocycles. The standard InChI is InChI=1S/C21H23N3/c1-22-14-16-23(17-15-22)12-6-7-13-24-20-10-4-2-8-18(20)19-9-3-5-11-21(19)24/h2-5,8-11H,12-17H2,1H3/p+2. The summed E-state index contributed by atoms with van der Waals surface area (Å²) in [4.78, 5) is 3.28. The highest BCUT2D eigenvalue weighted by Gasteiger charge is 2.18. The molecule has 3 aromatic rings. The second-order valence-corrected chi connectivity index (χ2v) is 6.86. The SMILES string of the molecule is C[NH+]1CC[NH+](CC#CCn2c3ccccc3c3ccccc32)CC1. The van der Waals surface area contributed by atoms with Crippen molar-refractivity contribution in [3.63, 3.8) is 0 Å². The van der Waals surface area contributed by atoms with E-state index in [9.17, 15) is 0 Å². The first-order valence-corrected chi connectivity index (χ1v) is 8.89. The molecule has 1 aromatic heterocycles. The molecule has 4 rings (SSSR count). The fourth-order valence-electron chi connectivity index (χ4n) is 3.70. The number of aromatic nitrogens is 1. The first-order chi connectivity index (χ1) is 11.8.